The number of rotatable bonds is 6. The van der Waals surface area contributed by atoms with Crippen LogP contribution < -0.4 is 5.32 Å². The van der Waals surface area contributed by atoms with Gasteiger partial charge in [-0.3, -0.25) is 4.79 Å². The molecule has 0 bridgehead atoms. The van der Waals surface area contributed by atoms with Gasteiger partial charge in [-0.2, -0.15) is 5.26 Å². The molecular formula is C13H18N2OS. The molecule has 1 unspecified atom stereocenters. The van der Waals surface area contributed by atoms with Gasteiger partial charge in [-0.15, -0.1) is 11.3 Å². The number of hydrogen-bond acceptors (Lipinski definition) is 3. The van der Waals surface area contributed by atoms with Crippen LogP contribution in [0.15, 0.2) is 17.5 Å². The number of carbonyl (C=O) groups excluding carboxylic acids is 1. The molecule has 0 aromatic carbocycles. The zero-order valence-electron chi connectivity index (χ0n) is 10.3. The van der Waals surface area contributed by atoms with E-state index in [9.17, 15) is 4.79 Å². The first-order valence-corrected chi connectivity index (χ1v) is 6.71. The van der Waals surface area contributed by atoms with Gasteiger partial charge in [0.25, 0.3) is 0 Å². The van der Waals surface area contributed by atoms with Crippen molar-refractivity contribution < 1.29 is 4.79 Å². The lowest BCUT2D eigenvalue weighted by atomic mass is 10.0. The van der Waals surface area contributed by atoms with Crippen LogP contribution >= 0.6 is 11.3 Å². The van der Waals surface area contributed by atoms with Crippen LogP contribution in [0.2, 0.25) is 0 Å². The second-order valence-electron chi connectivity index (χ2n) is 4.43. The van der Waals surface area contributed by atoms with Gasteiger partial charge in [0.05, 0.1) is 12.0 Å². The Labute approximate surface area is 106 Å². The van der Waals surface area contributed by atoms with Crippen LogP contribution in [0.25, 0.3) is 0 Å². The quantitative estimate of drug-likeness (QED) is 0.844. The summed E-state index contributed by atoms with van der Waals surface area (Å²) < 4.78 is 0. The number of nitrogens with one attached hydrogen (secondary N) is 1. The molecule has 4 heteroatoms. The predicted molar refractivity (Wildman–Crippen MR) is 69.8 cm³/mol. The molecule has 0 fully saturated rings. The van der Waals surface area contributed by atoms with Crippen LogP contribution in [0.4, 0.5) is 0 Å². The number of hydrogen-bond donors (Lipinski definition) is 1. The Morgan fingerprint density at radius 1 is 1.59 bits per heavy atom. The average molecular weight is 250 g/mol. The fraction of sp³-hybridized carbons (Fsp3) is 0.538. The molecule has 1 N–H and O–H groups in total. The fourth-order valence-electron chi connectivity index (χ4n) is 1.46. The first-order valence-electron chi connectivity index (χ1n) is 5.83. The van der Waals surface area contributed by atoms with E-state index in [-0.39, 0.29) is 18.2 Å². The van der Waals surface area contributed by atoms with E-state index in [2.05, 4.69) is 25.2 Å². The summed E-state index contributed by atoms with van der Waals surface area (Å²) in [5, 5.41) is 13.8. The van der Waals surface area contributed by atoms with E-state index in [1.165, 1.54) is 11.3 Å². The number of thiophene rings is 1. The molecule has 0 saturated carbocycles. The predicted octanol–water partition coefficient (Wildman–Crippen LogP) is 2.91. The molecule has 0 radical (unpaired) electrons. The number of nitrogens with zero attached hydrogens (tertiary/aromatic N) is 1. The van der Waals surface area contributed by atoms with Crippen molar-refractivity contribution >= 4 is 17.2 Å². The van der Waals surface area contributed by atoms with Crippen LogP contribution in [-0.4, -0.2) is 12.5 Å². The molecular weight excluding hydrogens is 232 g/mol. The van der Waals surface area contributed by atoms with E-state index in [0.717, 1.165) is 11.3 Å². The van der Waals surface area contributed by atoms with Gasteiger partial charge < -0.3 is 5.32 Å². The third-order valence-electron chi connectivity index (χ3n) is 2.48. The lowest BCUT2D eigenvalue weighted by Crippen LogP contribution is -2.26. The first-order chi connectivity index (χ1) is 8.13. The molecule has 1 rings (SSSR count). The Balaban J connectivity index is 2.37. The second kappa shape index (κ2) is 7.08. The number of carbonyl (C=O) groups is 1. The average Bonchev–Trinajstić information content (AvgIpc) is 2.78. The van der Waals surface area contributed by atoms with Crippen molar-refractivity contribution in [3.63, 3.8) is 0 Å². The molecule has 1 amide bonds. The van der Waals surface area contributed by atoms with Crippen molar-refractivity contribution in [2.75, 3.05) is 6.54 Å². The zero-order chi connectivity index (χ0) is 12.7. The topological polar surface area (TPSA) is 52.9 Å². The van der Waals surface area contributed by atoms with Gasteiger partial charge in [0, 0.05) is 17.8 Å². The Bertz CT molecular complexity index is 379. The molecule has 1 atom stereocenters. The summed E-state index contributed by atoms with van der Waals surface area (Å²) in [6, 6.07) is 5.99. The molecule has 1 aromatic rings. The van der Waals surface area contributed by atoms with Crippen molar-refractivity contribution in [1.82, 2.24) is 5.32 Å². The Kier molecular flexibility index (Phi) is 5.71. The molecule has 0 aliphatic carbocycles. The SMILES string of the molecule is CC(C)CCNC(=O)CC(C#N)c1cccs1. The monoisotopic (exact) mass is 250 g/mol. The van der Waals surface area contributed by atoms with Crippen LogP contribution in [-0.2, 0) is 4.79 Å². The maximum Gasteiger partial charge on any atom is 0.221 e. The minimum Gasteiger partial charge on any atom is -0.356 e. The van der Waals surface area contributed by atoms with E-state index in [1.807, 2.05) is 17.5 Å². The lowest BCUT2D eigenvalue weighted by Gasteiger charge is -2.09. The standard InChI is InChI=1S/C13H18N2OS/c1-10(2)5-6-15-13(16)8-11(9-14)12-4-3-7-17-12/h3-4,7,10-11H,5-6,8H2,1-2H3,(H,15,16). The van der Waals surface area contributed by atoms with Gasteiger partial charge in [-0.05, 0) is 23.8 Å². The van der Waals surface area contributed by atoms with E-state index >= 15 is 0 Å². The molecule has 0 saturated heterocycles. The Morgan fingerprint density at radius 3 is 2.88 bits per heavy atom. The highest BCUT2D eigenvalue weighted by Crippen LogP contribution is 2.23. The summed E-state index contributed by atoms with van der Waals surface area (Å²) in [6.45, 7) is 4.94. The normalized spacial score (nSPS) is 12.1. The van der Waals surface area contributed by atoms with Crippen LogP contribution in [0, 0.1) is 17.2 Å². The summed E-state index contributed by atoms with van der Waals surface area (Å²) in [5.74, 6) is 0.235. The van der Waals surface area contributed by atoms with Gasteiger partial charge in [-0.1, -0.05) is 19.9 Å². The van der Waals surface area contributed by atoms with E-state index in [4.69, 9.17) is 5.26 Å². The molecule has 0 spiro atoms. The highest BCUT2D eigenvalue weighted by atomic mass is 32.1. The van der Waals surface area contributed by atoms with Gasteiger partial charge in [0.2, 0.25) is 5.91 Å². The zero-order valence-corrected chi connectivity index (χ0v) is 11.1. The van der Waals surface area contributed by atoms with Crippen molar-refractivity contribution in [2.24, 2.45) is 5.92 Å². The van der Waals surface area contributed by atoms with Crippen molar-refractivity contribution in [3.05, 3.63) is 22.4 Å². The maximum absolute atomic E-state index is 11.6. The Morgan fingerprint density at radius 2 is 2.35 bits per heavy atom. The lowest BCUT2D eigenvalue weighted by molar-refractivity contribution is -0.121. The second-order valence-corrected chi connectivity index (χ2v) is 5.41. The van der Waals surface area contributed by atoms with Crippen molar-refractivity contribution in [3.8, 4) is 6.07 Å². The highest BCUT2D eigenvalue weighted by Gasteiger charge is 2.15. The molecule has 1 aromatic heterocycles. The third-order valence-corrected chi connectivity index (χ3v) is 3.46. The summed E-state index contributed by atoms with van der Waals surface area (Å²) in [7, 11) is 0. The number of amides is 1. The molecule has 1 heterocycles. The van der Waals surface area contributed by atoms with Crippen LogP contribution in [0.1, 0.15) is 37.5 Å². The van der Waals surface area contributed by atoms with Crippen molar-refractivity contribution in [1.29, 1.82) is 5.26 Å². The molecule has 3 nitrogen and oxygen atoms in total. The Hall–Kier alpha value is -1.34. The molecule has 0 aliphatic heterocycles. The fourth-order valence-corrected chi connectivity index (χ4v) is 2.23. The minimum atomic E-state index is -0.311. The van der Waals surface area contributed by atoms with E-state index in [0.29, 0.717) is 12.5 Å². The van der Waals surface area contributed by atoms with E-state index in [1.54, 1.807) is 0 Å². The summed E-state index contributed by atoms with van der Waals surface area (Å²) in [5.41, 5.74) is 0. The summed E-state index contributed by atoms with van der Waals surface area (Å²) >= 11 is 1.52. The smallest absolute Gasteiger partial charge is 0.221 e. The van der Waals surface area contributed by atoms with Crippen LogP contribution in [0.5, 0.6) is 0 Å². The van der Waals surface area contributed by atoms with Gasteiger partial charge in [-0.25, -0.2) is 0 Å². The van der Waals surface area contributed by atoms with Crippen LogP contribution in [0.3, 0.4) is 0 Å². The van der Waals surface area contributed by atoms with E-state index < -0.39 is 0 Å². The largest absolute Gasteiger partial charge is 0.356 e. The van der Waals surface area contributed by atoms with Gasteiger partial charge in [0.15, 0.2) is 0 Å². The van der Waals surface area contributed by atoms with Gasteiger partial charge in [0.1, 0.15) is 0 Å². The number of nitriles is 1. The van der Waals surface area contributed by atoms with Gasteiger partial charge >= 0.3 is 0 Å². The highest BCUT2D eigenvalue weighted by molar-refractivity contribution is 7.10. The summed E-state index contributed by atoms with van der Waals surface area (Å²) in [4.78, 5) is 12.6. The molecule has 0 aliphatic rings. The minimum absolute atomic E-state index is 0.0365. The summed E-state index contributed by atoms with van der Waals surface area (Å²) in [6.07, 6.45) is 1.23. The molecule has 17 heavy (non-hydrogen) atoms. The molecule has 92 valence electrons. The van der Waals surface area contributed by atoms with Crippen molar-refractivity contribution in [2.45, 2.75) is 32.6 Å². The third kappa shape index (κ3) is 5.01. The maximum atomic E-state index is 11.6. The first kappa shape index (κ1) is 13.7.